The van der Waals surface area contributed by atoms with Crippen molar-refractivity contribution in [3.63, 3.8) is 0 Å². The second kappa shape index (κ2) is 11.1. The van der Waals surface area contributed by atoms with Gasteiger partial charge in [0.2, 0.25) is 11.8 Å². The van der Waals surface area contributed by atoms with Gasteiger partial charge in [-0.1, -0.05) is 60.5 Å². The molecule has 2 rings (SSSR count). The van der Waals surface area contributed by atoms with Gasteiger partial charge in [0.1, 0.15) is 6.04 Å². The van der Waals surface area contributed by atoms with E-state index < -0.39 is 6.04 Å². The van der Waals surface area contributed by atoms with Crippen LogP contribution in [0, 0.1) is 0 Å². The molecule has 1 N–H and O–H groups in total. The molecular formula is C22H26Cl2N2O2. The highest BCUT2D eigenvalue weighted by Gasteiger charge is 2.28. The van der Waals surface area contributed by atoms with Gasteiger partial charge in [0.05, 0.1) is 0 Å². The number of benzene rings is 2. The summed E-state index contributed by atoms with van der Waals surface area (Å²) >= 11 is 12.2. The number of nitrogens with zero attached hydrogens (tertiary/aromatic N) is 1. The standard InChI is InChI=1S/C22H26Cl2N2O2/c1-3-20(22(28)25-4-2)26(15-16-9-12-18(23)13-10-16)21(27)14-11-17-7-5-6-8-19(17)24/h5-10,12-13,20H,3-4,11,14-15H2,1-2H3,(H,25,28)/t20-/m0/s1. The van der Waals surface area contributed by atoms with Crippen LogP contribution in [0.15, 0.2) is 48.5 Å². The highest BCUT2D eigenvalue weighted by atomic mass is 35.5. The average Bonchev–Trinajstić information content (AvgIpc) is 2.68. The topological polar surface area (TPSA) is 49.4 Å². The first-order valence-electron chi connectivity index (χ1n) is 9.51. The Balaban J connectivity index is 2.19. The van der Waals surface area contributed by atoms with E-state index in [4.69, 9.17) is 23.2 Å². The van der Waals surface area contributed by atoms with Crippen LogP contribution < -0.4 is 5.32 Å². The molecule has 4 nitrogen and oxygen atoms in total. The maximum absolute atomic E-state index is 13.1. The predicted octanol–water partition coefficient (Wildman–Crippen LogP) is 4.87. The molecule has 2 amide bonds. The predicted molar refractivity (Wildman–Crippen MR) is 115 cm³/mol. The third kappa shape index (κ3) is 6.25. The van der Waals surface area contributed by atoms with Gasteiger partial charge in [-0.05, 0) is 49.1 Å². The number of hydrogen-bond donors (Lipinski definition) is 1. The molecule has 0 aliphatic heterocycles. The van der Waals surface area contributed by atoms with Crippen LogP contribution in [0.3, 0.4) is 0 Å². The van der Waals surface area contributed by atoms with E-state index >= 15 is 0 Å². The van der Waals surface area contributed by atoms with Crippen LogP contribution in [0.5, 0.6) is 0 Å². The number of amides is 2. The normalized spacial score (nSPS) is 11.7. The van der Waals surface area contributed by atoms with Gasteiger partial charge in [-0.2, -0.15) is 0 Å². The van der Waals surface area contributed by atoms with Gasteiger partial charge in [0.15, 0.2) is 0 Å². The minimum absolute atomic E-state index is 0.0760. The molecule has 0 aliphatic rings. The summed E-state index contributed by atoms with van der Waals surface area (Å²) in [4.78, 5) is 27.3. The molecular weight excluding hydrogens is 395 g/mol. The molecule has 0 saturated heterocycles. The van der Waals surface area contributed by atoms with Crippen LogP contribution in [0.4, 0.5) is 0 Å². The van der Waals surface area contributed by atoms with Gasteiger partial charge < -0.3 is 10.2 Å². The fourth-order valence-corrected chi connectivity index (χ4v) is 3.44. The quantitative estimate of drug-likeness (QED) is 0.628. The molecule has 0 saturated carbocycles. The minimum Gasteiger partial charge on any atom is -0.355 e. The van der Waals surface area contributed by atoms with Crippen molar-refractivity contribution in [3.8, 4) is 0 Å². The van der Waals surface area contributed by atoms with Crippen molar-refractivity contribution in [2.45, 2.75) is 45.7 Å². The summed E-state index contributed by atoms with van der Waals surface area (Å²) in [5.41, 5.74) is 1.85. The summed E-state index contributed by atoms with van der Waals surface area (Å²) in [6.45, 7) is 4.66. The van der Waals surface area contributed by atoms with Crippen LogP contribution >= 0.6 is 23.2 Å². The Morgan fingerprint density at radius 1 is 1.04 bits per heavy atom. The SMILES string of the molecule is CCNC(=O)[C@H](CC)N(Cc1ccc(Cl)cc1)C(=O)CCc1ccccc1Cl. The maximum Gasteiger partial charge on any atom is 0.242 e. The number of nitrogens with one attached hydrogen (secondary N) is 1. The summed E-state index contributed by atoms with van der Waals surface area (Å²) in [7, 11) is 0. The molecule has 0 unspecified atom stereocenters. The maximum atomic E-state index is 13.1. The van der Waals surface area contributed by atoms with E-state index in [9.17, 15) is 9.59 Å². The molecule has 2 aromatic rings. The van der Waals surface area contributed by atoms with Crippen molar-refractivity contribution in [3.05, 3.63) is 69.7 Å². The highest BCUT2D eigenvalue weighted by molar-refractivity contribution is 6.31. The van der Waals surface area contributed by atoms with Gasteiger partial charge in [-0.3, -0.25) is 9.59 Å². The van der Waals surface area contributed by atoms with Crippen LogP contribution in [-0.2, 0) is 22.6 Å². The molecule has 150 valence electrons. The van der Waals surface area contributed by atoms with E-state index in [0.29, 0.717) is 36.0 Å². The van der Waals surface area contributed by atoms with Gasteiger partial charge in [0.25, 0.3) is 0 Å². The Kier molecular flexibility index (Phi) is 8.81. The summed E-state index contributed by atoms with van der Waals surface area (Å²) in [5, 5.41) is 4.12. The highest BCUT2D eigenvalue weighted by Crippen LogP contribution is 2.20. The lowest BCUT2D eigenvalue weighted by molar-refractivity contribution is -0.141. The van der Waals surface area contributed by atoms with E-state index in [0.717, 1.165) is 11.1 Å². The van der Waals surface area contributed by atoms with Crippen molar-refractivity contribution in [2.75, 3.05) is 6.54 Å². The van der Waals surface area contributed by atoms with E-state index in [2.05, 4.69) is 5.32 Å². The lowest BCUT2D eigenvalue weighted by Gasteiger charge is -2.30. The lowest BCUT2D eigenvalue weighted by Crippen LogP contribution is -2.49. The Labute approximate surface area is 176 Å². The first-order valence-corrected chi connectivity index (χ1v) is 10.3. The van der Waals surface area contributed by atoms with Gasteiger partial charge in [0, 0.05) is 29.6 Å². The fourth-order valence-electron chi connectivity index (χ4n) is 3.08. The molecule has 28 heavy (non-hydrogen) atoms. The van der Waals surface area contributed by atoms with Gasteiger partial charge >= 0.3 is 0 Å². The largest absolute Gasteiger partial charge is 0.355 e. The van der Waals surface area contributed by atoms with E-state index in [1.54, 1.807) is 17.0 Å². The molecule has 0 aromatic heterocycles. The van der Waals surface area contributed by atoms with Gasteiger partial charge in [-0.25, -0.2) is 0 Å². The van der Waals surface area contributed by atoms with Crippen molar-refractivity contribution in [1.82, 2.24) is 10.2 Å². The van der Waals surface area contributed by atoms with Crippen LogP contribution in [-0.4, -0.2) is 29.3 Å². The monoisotopic (exact) mass is 420 g/mol. The van der Waals surface area contributed by atoms with Crippen LogP contribution in [0.25, 0.3) is 0 Å². The molecule has 0 spiro atoms. The number of rotatable bonds is 9. The molecule has 1 atom stereocenters. The number of carbonyl (C=O) groups excluding carboxylic acids is 2. The zero-order valence-electron chi connectivity index (χ0n) is 16.3. The number of aryl methyl sites for hydroxylation is 1. The fraction of sp³-hybridized carbons (Fsp3) is 0.364. The van der Waals surface area contributed by atoms with Crippen molar-refractivity contribution in [1.29, 1.82) is 0 Å². The Hall–Kier alpha value is -2.04. The van der Waals surface area contributed by atoms with Crippen molar-refractivity contribution >= 4 is 35.0 Å². The summed E-state index contributed by atoms with van der Waals surface area (Å²) < 4.78 is 0. The number of hydrogen-bond acceptors (Lipinski definition) is 2. The van der Waals surface area contributed by atoms with Gasteiger partial charge in [-0.15, -0.1) is 0 Å². The lowest BCUT2D eigenvalue weighted by atomic mass is 10.1. The van der Waals surface area contributed by atoms with Crippen LogP contribution in [0.1, 0.15) is 37.8 Å². The molecule has 0 radical (unpaired) electrons. The molecule has 0 heterocycles. The van der Waals surface area contributed by atoms with E-state index in [1.807, 2.05) is 50.2 Å². The second-order valence-electron chi connectivity index (χ2n) is 6.56. The van der Waals surface area contributed by atoms with Crippen LogP contribution in [0.2, 0.25) is 10.0 Å². The van der Waals surface area contributed by atoms with Crippen molar-refractivity contribution < 1.29 is 9.59 Å². The molecule has 0 bridgehead atoms. The number of likely N-dealkylation sites (N-methyl/N-ethyl adjacent to an activating group) is 1. The summed E-state index contributed by atoms with van der Waals surface area (Å²) in [6, 6.07) is 14.3. The summed E-state index contributed by atoms with van der Waals surface area (Å²) in [6.07, 6.45) is 1.35. The van der Waals surface area contributed by atoms with E-state index in [1.165, 1.54) is 0 Å². The summed E-state index contributed by atoms with van der Waals surface area (Å²) in [5.74, 6) is -0.210. The Morgan fingerprint density at radius 2 is 1.71 bits per heavy atom. The smallest absolute Gasteiger partial charge is 0.242 e. The Morgan fingerprint density at radius 3 is 2.32 bits per heavy atom. The first kappa shape index (κ1) is 22.3. The molecule has 6 heteroatoms. The first-order chi connectivity index (χ1) is 13.5. The number of halogens is 2. The zero-order valence-corrected chi connectivity index (χ0v) is 17.8. The average molecular weight is 421 g/mol. The minimum atomic E-state index is -0.519. The molecule has 2 aromatic carbocycles. The third-order valence-electron chi connectivity index (χ3n) is 4.57. The molecule has 0 fully saturated rings. The zero-order chi connectivity index (χ0) is 20.5. The van der Waals surface area contributed by atoms with E-state index in [-0.39, 0.29) is 18.2 Å². The second-order valence-corrected chi connectivity index (χ2v) is 7.40. The number of carbonyl (C=O) groups is 2. The Bertz CT molecular complexity index is 793. The van der Waals surface area contributed by atoms with Crippen molar-refractivity contribution in [2.24, 2.45) is 0 Å². The third-order valence-corrected chi connectivity index (χ3v) is 5.19. The molecule has 0 aliphatic carbocycles.